The minimum Gasteiger partial charge on any atom is -0.493 e. The summed E-state index contributed by atoms with van der Waals surface area (Å²) in [5.74, 6) is 1.24. The zero-order chi connectivity index (χ0) is 20.5. The van der Waals surface area contributed by atoms with Gasteiger partial charge in [0.2, 0.25) is 0 Å². The summed E-state index contributed by atoms with van der Waals surface area (Å²) in [4.78, 5) is 7.73. The van der Waals surface area contributed by atoms with Crippen molar-refractivity contribution in [2.75, 3.05) is 6.61 Å². The number of rotatable bonds is 1. The van der Waals surface area contributed by atoms with Gasteiger partial charge in [-0.15, -0.1) is 0 Å². The fourth-order valence-corrected chi connectivity index (χ4v) is 6.32. The second-order valence-electron chi connectivity index (χ2n) is 8.59. The quantitative estimate of drug-likeness (QED) is 0.383. The van der Waals surface area contributed by atoms with Crippen LogP contribution in [0.4, 0.5) is 0 Å². The van der Waals surface area contributed by atoms with Gasteiger partial charge in [0.25, 0.3) is 0 Å². The van der Waals surface area contributed by atoms with Gasteiger partial charge < -0.3 is 9.64 Å². The lowest BCUT2D eigenvalue weighted by molar-refractivity contribution is 0.0754. The van der Waals surface area contributed by atoms with Gasteiger partial charge in [-0.3, -0.25) is 4.99 Å². The molecule has 0 saturated carbocycles. The van der Waals surface area contributed by atoms with E-state index in [1.54, 1.807) is 11.8 Å². The molecule has 3 heterocycles. The number of halogens is 1. The Labute approximate surface area is 189 Å². The average molecular weight is 477 g/mol. The van der Waals surface area contributed by atoms with Crippen LogP contribution in [0.3, 0.4) is 0 Å². The molecule has 0 unspecified atom stereocenters. The maximum absolute atomic E-state index is 6.31. The van der Waals surface area contributed by atoms with Crippen molar-refractivity contribution in [1.29, 1.82) is 0 Å². The minimum atomic E-state index is -0.126. The highest BCUT2D eigenvalue weighted by Crippen LogP contribution is 2.54. The van der Waals surface area contributed by atoms with E-state index in [1.807, 2.05) is 0 Å². The van der Waals surface area contributed by atoms with Crippen molar-refractivity contribution in [1.82, 2.24) is 4.90 Å². The Bertz CT molecular complexity index is 1230. The van der Waals surface area contributed by atoms with Crippen molar-refractivity contribution in [3.05, 3.63) is 81.7 Å². The Hall–Kier alpha value is -2.24. The smallest absolute Gasteiger partial charge is 0.169 e. The summed E-state index contributed by atoms with van der Waals surface area (Å²) in [6.45, 7) is 5.34. The van der Waals surface area contributed by atoms with Crippen LogP contribution < -0.4 is 4.74 Å². The molecule has 0 spiro atoms. The van der Waals surface area contributed by atoms with Crippen molar-refractivity contribution < 1.29 is 4.74 Å². The number of nitrogens with zero attached hydrogens (tertiary/aromatic N) is 2. The number of hydrogen-bond acceptors (Lipinski definition) is 4. The van der Waals surface area contributed by atoms with Gasteiger partial charge in [-0.1, -0.05) is 70.2 Å². The zero-order valence-electron chi connectivity index (χ0n) is 16.8. The number of thioether (sulfide) groups is 1. The van der Waals surface area contributed by atoms with E-state index in [2.05, 4.69) is 101 Å². The van der Waals surface area contributed by atoms with Gasteiger partial charge in [-0.05, 0) is 48.4 Å². The average Bonchev–Trinajstić information content (AvgIpc) is 3.19. The fourth-order valence-electron chi connectivity index (χ4n) is 4.99. The summed E-state index contributed by atoms with van der Waals surface area (Å²) in [5.41, 5.74) is 3.55. The molecule has 3 aliphatic heterocycles. The van der Waals surface area contributed by atoms with E-state index in [4.69, 9.17) is 9.73 Å². The molecular formula is C25H21BrN2OS. The van der Waals surface area contributed by atoms with Gasteiger partial charge in [-0.2, -0.15) is 0 Å². The van der Waals surface area contributed by atoms with E-state index >= 15 is 0 Å². The first-order valence-electron chi connectivity index (χ1n) is 10.2. The van der Waals surface area contributed by atoms with Crippen molar-refractivity contribution in [2.24, 2.45) is 10.9 Å². The molecule has 0 fully saturated rings. The van der Waals surface area contributed by atoms with Crippen LogP contribution in [0, 0.1) is 5.92 Å². The van der Waals surface area contributed by atoms with Gasteiger partial charge in [0.1, 0.15) is 5.75 Å². The molecule has 5 heteroatoms. The molecule has 3 aliphatic rings. The first kappa shape index (κ1) is 18.5. The first-order valence-corrected chi connectivity index (χ1v) is 11.9. The molecule has 0 amide bonds. The van der Waals surface area contributed by atoms with Crippen molar-refractivity contribution >= 4 is 49.3 Å². The van der Waals surface area contributed by atoms with Crippen LogP contribution >= 0.6 is 27.7 Å². The number of aliphatic imine (C=N–C) groups is 1. The number of fused-ring (bicyclic) bond motifs is 6. The molecule has 0 radical (unpaired) electrons. The van der Waals surface area contributed by atoms with E-state index in [0.29, 0.717) is 6.61 Å². The molecule has 30 heavy (non-hydrogen) atoms. The van der Waals surface area contributed by atoms with Crippen LogP contribution in [0.5, 0.6) is 5.75 Å². The fraction of sp³-hybridized carbons (Fsp3) is 0.240. The Morgan fingerprint density at radius 2 is 1.87 bits per heavy atom. The lowest BCUT2D eigenvalue weighted by atomic mass is 9.74. The van der Waals surface area contributed by atoms with E-state index in [1.165, 1.54) is 27.6 Å². The second kappa shape index (κ2) is 6.63. The summed E-state index contributed by atoms with van der Waals surface area (Å²) in [5, 5.41) is 5.82. The van der Waals surface area contributed by atoms with Crippen LogP contribution in [0.2, 0.25) is 0 Å². The number of benzene rings is 3. The van der Waals surface area contributed by atoms with Gasteiger partial charge >= 0.3 is 0 Å². The summed E-state index contributed by atoms with van der Waals surface area (Å²) in [6.07, 6.45) is 0. The maximum Gasteiger partial charge on any atom is 0.169 e. The highest BCUT2D eigenvalue weighted by Gasteiger charge is 2.51. The van der Waals surface area contributed by atoms with E-state index in [9.17, 15) is 0 Å². The van der Waals surface area contributed by atoms with E-state index in [-0.39, 0.29) is 17.5 Å². The van der Waals surface area contributed by atoms with Crippen LogP contribution in [0.15, 0.2) is 75.5 Å². The molecule has 0 bridgehead atoms. The number of amidine groups is 1. The molecule has 150 valence electrons. The third kappa shape index (κ3) is 2.61. The Kier molecular flexibility index (Phi) is 4.09. The van der Waals surface area contributed by atoms with Crippen molar-refractivity contribution in [3.8, 4) is 5.75 Å². The van der Waals surface area contributed by atoms with Crippen LogP contribution in [0.25, 0.3) is 16.5 Å². The molecule has 3 aromatic rings. The number of hydrogen-bond donors (Lipinski definition) is 0. The Balaban J connectivity index is 1.50. The third-order valence-corrected chi connectivity index (χ3v) is 7.98. The van der Waals surface area contributed by atoms with Crippen LogP contribution in [-0.2, 0) is 0 Å². The topological polar surface area (TPSA) is 24.8 Å². The highest BCUT2D eigenvalue weighted by molar-refractivity contribution is 9.10. The molecule has 0 aromatic heterocycles. The monoisotopic (exact) mass is 476 g/mol. The summed E-state index contributed by atoms with van der Waals surface area (Å²) in [6, 6.07) is 21.5. The Morgan fingerprint density at radius 1 is 1.07 bits per heavy atom. The highest BCUT2D eigenvalue weighted by atomic mass is 79.9. The number of ether oxygens (including phenoxy) is 1. The SMILES string of the molecule is CC1(C)[C@H]2COc3ccc4ccccc4c3[C@H]2N=C2SC=C(c3ccc(Br)cc3)N21. The van der Waals surface area contributed by atoms with Crippen molar-refractivity contribution in [2.45, 2.75) is 25.4 Å². The van der Waals surface area contributed by atoms with Crippen LogP contribution in [0.1, 0.15) is 31.0 Å². The molecule has 2 atom stereocenters. The maximum atomic E-state index is 6.31. The molecule has 3 aromatic carbocycles. The molecule has 0 N–H and O–H groups in total. The summed E-state index contributed by atoms with van der Waals surface area (Å²) in [7, 11) is 0. The zero-order valence-corrected chi connectivity index (χ0v) is 19.2. The summed E-state index contributed by atoms with van der Waals surface area (Å²) < 4.78 is 7.40. The van der Waals surface area contributed by atoms with Crippen LogP contribution in [-0.4, -0.2) is 22.2 Å². The van der Waals surface area contributed by atoms with Gasteiger partial charge in [0.15, 0.2) is 5.17 Å². The van der Waals surface area contributed by atoms with Gasteiger partial charge in [-0.25, -0.2) is 0 Å². The Morgan fingerprint density at radius 3 is 2.70 bits per heavy atom. The predicted molar refractivity (Wildman–Crippen MR) is 129 cm³/mol. The first-order chi connectivity index (χ1) is 14.5. The van der Waals surface area contributed by atoms with E-state index in [0.717, 1.165) is 15.4 Å². The molecule has 0 saturated heterocycles. The van der Waals surface area contributed by atoms with Gasteiger partial charge in [0.05, 0.1) is 18.3 Å². The molecule has 6 rings (SSSR count). The predicted octanol–water partition coefficient (Wildman–Crippen LogP) is 6.85. The molecular weight excluding hydrogens is 456 g/mol. The lowest BCUT2D eigenvalue weighted by Gasteiger charge is -2.51. The standard InChI is InChI=1S/C25H21BrN2OS/c1-25(2)19-13-29-21-12-9-15-5-3-4-6-18(15)22(21)23(19)27-24-28(25)20(14-30-24)16-7-10-17(26)11-8-16/h3-12,14,19,23H,13H2,1-2H3/t19-,23-/m0/s1. The summed E-state index contributed by atoms with van der Waals surface area (Å²) >= 11 is 5.28. The molecule has 3 nitrogen and oxygen atoms in total. The lowest BCUT2D eigenvalue weighted by Crippen LogP contribution is -2.56. The van der Waals surface area contributed by atoms with E-state index < -0.39 is 0 Å². The normalized spacial score (nSPS) is 23.8. The molecule has 0 aliphatic carbocycles. The minimum absolute atomic E-state index is 0.103. The third-order valence-electron chi connectivity index (χ3n) is 6.61. The van der Waals surface area contributed by atoms with Crippen molar-refractivity contribution in [3.63, 3.8) is 0 Å². The van der Waals surface area contributed by atoms with Gasteiger partial charge in [0, 0.05) is 26.9 Å². The second-order valence-corrected chi connectivity index (χ2v) is 10.3. The largest absolute Gasteiger partial charge is 0.493 e.